The predicted molar refractivity (Wildman–Crippen MR) is 34.4 cm³/mol. The molecule has 0 aliphatic carbocycles. The molecule has 0 radical (unpaired) electrons. The molecule has 1 rings (SSSR count). The van der Waals surface area contributed by atoms with Crippen LogP contribution in [0, 0.1) is 6.85 Å². The third-order valence-corrected chi connectivity index (χ3v) is 0.922. The number of rotatable bonds is 1. The highest BCUT2D eigenvalue weighted by atomic mass is 16.1. The first-order valence-corrected chi connectivity index (χ1v) is 2.46. The van der Waals surface area contributed by atoms with Crippen molar-refractivity contribution in [3.63, 3.8) is 0 Å². The summed E-state index contributed by atoms with van der Waals surface area (Å²) in [4.78, 5) is 13.8. The van der Waals surface area contributed by atoms with Gasteiger partial charge in [-0.15, -0.1) is 0 Å². The first-order chi connectivity index (χ1) is 5.54. The van der Waals surface area contributed by atoms with Crippen LogP contribution in [0.15, 0.2) is 18.3 Å². The van der Waals surface area contributed by atoms with Crippen molar-refractivity contribution in [3.8, 4) is 0 Å². The van der Waals surface area contributed by atoms with Gasteiger partial charge in [0.2, 0.25) is 0 Å². The van der Waals surface area contributed by atoms with Crippen molar-refractivity contribution in [1.82, 2.24) is 4.98 Å². The fourth-order valence-electron chi connectivity index (χ4n) is 0.475. The highest BCUT2D eigenvalue weighted by Crippen LogP contribution is 1.94. The molecule has 0 spiro atoms. The van der Waals surface area contributed by atoms with Crippen molar-refractivity contribution < 1.29 is 8.91 Å². The van der Waals surface area contributed by atoms with E-state index in [0.717, 1.165) is 0 Å². The molecule has 0 atom stereocenters. The molecule has 0 saturated heterocycles. The van der Waals surface area contributed by atoms with Crippen molar-refractivity contribution in [2.24, 2.45) is 0 Å². The molecule has 1 aromatic heterocycles. The van der Waals surface area contributed by atoms with Crippen molar-refractivity contribution in [1.29, 1.82) is 0 Å². The van der Waals surface area contributed by atoms with Crippen LogP contribution in [0.3, 0.4) is 0 Å². The monoisotopic (exact) mass is 124 g/mol. The molecule has 2 heteroatoms. The Morgan fingerprint density at radius 2 is 2.67 bits per heavy atom. The normalized spacial score (nSPS) is 15.3. The van der Waals surface area contributed by atoms with E-state index in [4.69, 9.17) is 4.11 Å². The Kier molecular flexibility index (Phi) is 0.827. The highest BCUT2D eigenvalue weighted by molar-refractivity contribution is 5.73. The minimum Gasteiger partial charge on any atom is -0.298 e. The minimum absolute atomic E-state index is 0.00750. The lowest BCUT2D eigenvalue weighted by Gasteiger charge is -1.88. The molecule has 0 saturated carbocycles. The molecule has 0 amide bonds. The predicted octanol–water partition coefficient (Wildman–Crippen LogP) is 1.20. The Morgan fingerprint density at radius 3 is 3.11 bits per heavy atom. The van der Waals surface area contributed by atoms with Crippen LogP contribution in [0.5, 0.6) is 0 Å². The average Bonchev–Trinajstić information content (AvgIpc) is 2.03. The molecule has 0 N–H and O–H groups in total. The molecular weight excluding hydrogens is 114 g/mol. The summed E-state index contributed by atoms with van der Waals surface area (Å²) in [7, 11) is 0. The van der Waals surface area contributed by atoms with E-state index in [2.05, 4.69) is 4.98 Å². The number of hydrogen-bond acceptors (Lipinski definition) is 2. The molecule has 2 nitrogen and oxygen atoms in total. The van der Waals surface area contributed by atoms with Crippen LogP contribution in [-0.4, -0.2) is 11.3 Å². The van der Waals surface area contributed by atoms with Gasteiger partial charge in [-0.05, 0) is 19.0 Å². The molecule has 0 aromatic carbocycles. The maximum atomic E-state index is 10.2. The second-order valence-electron chi connectivity index (χ2n) is 1.59. The fraction of sp³-hybridized carbons (Fsp3) is 0.143. The summed E-state index contributed by atoms with van der Waals surface area (Å²) in [6.07, 6.45) is 1.87. The minimum atomic E-state index is -2.19. The van der Waals surface area contributed by atoms with Crippen LogP contribution in [0.25, 0.3) is 0 Å². The van der Waals surface area contributed by atoms with Gasteiger partial charge in [-0.2, -0.15) is 0 Å². The maximum absolute atomic E-state index is 10.2. The van der Waals surface area contributed by atoms with E-state index in [-0.39, 0.29) is 5.69 Å². The standard InChI is InChI=1S/C7H7NO/c1-6-2-3-7(5-9)4-8-6/h2-5H,1H3/i1D3. The van der Waals surface area contributed by atoms with Gasteiger partial charge < -0.3 is 0 Å². The van der Waals surface area contributed by atoms with E-state index < -0.39 is 6.85 Å². The summed E-state index contributed by atoms with van der Waals surface area (Å²) in [6, 6.07) is 2.76. The van der Waals surface area contributed by atoms with Crippen LogP contribution in [-0.2, 0) is 0 Å². The SMILES string of the molecule is [2H]C([2H])([2H])c1ccc(C=O)cn1. The zero-order valence-corrected chi connectivity index (χ0v) is 4.66. The molecule has 0 aliphatic heterocycles. The number of nitrogens with zero attached hydrogens (tertiary/aromatic N) is 1. The summed E-state index contributed by atoms with van der Waals surface area (Å²) in [5, 5.41) is 0. The van der Waals surface area contributed by atoms with Crippen LogP contribution in [0.1, 0.15) is 20.2 Å². The molecule has 46 valence electrons. The lowest BCUT2D eigenvalue weighted by atomic mass is 10.3. The van der Waals surface area contributed by atoms with Gasteiger partial charge in [0.15, 0.2) is 6.29 Å². The quantitative estimate of drug-likeness (QED) is 0.526. The van der Waals surface area contributed by atoms with Gasteiger partial charge in [0.25, 0.3) is 0 Å². The zero-order valence-electron chi connectivity index (χ0n) is 7.66. The van der Waals surface area contributed by atoms with E-state index in [1.54, 1.807) is 0 Å². The van der Waals surface area contributed by atoms with Gasteiger partial charge in [-0.25, -0.2) is 0 Å². The van der Waals surface area contributed by atoms with Crippen LogP contribution < -0.4 is 0 Å². The highest BCUT2D eigenvalue weighted by Gasteiger charge is 1.86. The first-order valence-electron chi connectivity index (χ1n) is 3.96. The Hall–Kier alpha value is -1.18. The molecule has 0 bridgehead atoms. The van der Waals surface area contributed by atoms with Gasteiger partial charge in [0, 0.05) is 21.6 Å². The maximum Gasteiger partial charge on any atom is 0.151 e. The topological polar surface area (TPSA) is 30.0 Å². The van der Waals surface area contributed by atoms with Gasteiger partial charge in [0.1, 0.15) is 0 Å². The van der Waals surface area contributed by atoms with Crippen molar-refractivity contribution >= 4 is 6.29 Å². The Labute approximate surface area is 57.8 Å². The summed E-state index contributed by atoms with van der Waals surface area (Å²) in [5.41, 5.74) is 0.385. The second kappa shape index (κ2) is 2.40. The first kappa shape index (κ1) is 3.11. The molecule has 0 fully saturated rings. The Bertz CT molecular complexity index is 278. The lowest BCUT2D eigenvalue weighted by Crippen LogP contribution is -1.82. The number of pyridine rings is 1. The number of aryl methyl sites for hydroxylation is 1. The van der Waals surface area contributed by atoms with E-state index >= 15 is 0 Å². The Morgan fingerprint density at radius 1 is 1.78 bits per heavy atom. The van der Waals surface area contributed by atoms with Crippen molar-refractivity contribution in [2.75, 3.05) is 0 Å². The Balaban J connectivity index is 3.00. The van der Waals surface area contributed by atoms with E-state index in [1.165, 1.54) is 18.3 Å². The zero-order chi connectivity index (χ0) is 9.19. The largest absolute Gasteiger partial charge is 0.298 e. The third kappa shape index (κ3) is 1.35. The number of aromatic nitrogens is 1. The van der Waals surface area contributed by atoms with E-state index in [1.807, 2.05) is 0 Å². The van der Waals surface area contributed by atoms with Gasteiger partial charge >= 0.3 is 0 Å². The second-order valence-corrected chi connectivity index (χ2v) is 1.59. The number of hydrogen-bond donors (Lipinski definition) is 0. The van der Waals surface area contributed by atoms with Crippen LogP contribution >= 0.6 is 0 Å². The fourth-order valence-corrected chi connectivity index (χ4v) is 0.475. The molecule has 9 heavy (non-hydrogen) atoms. The van der Waals surface area contributed by atoms with E-state index in [9.17, 15) is 4.79 Å². The van der Waals surface area contributed by atoms with Crippen LogP contribution in [0.2, 0.25) is 0 Å². The summed E-state index contributed by atoms with van der Waals surface area (Å²) in [6.45, 7) is -2.19. The lowest BCUT2D eigenvalue weighted by molar-refractivity contribution is 0.112. The van der Waals surface area contributed by atoms with Crippen molar-refractivity contribution in [2.45, 2.75) is 6.85 Å². The van der Waals surface area contributed by atoms with Gasteiger partial charge in [-0.1, -0.05) is 0 Å². The third-order valence-electron chi connectivity index (χ3n) is 0.922. The van der Waals surface area contributed by atoms with Crippen molar-refractivity contribution in [3.05, 3.63) is 29.6 Å². The van der Waals surface area contributed by atoms with Gasteiger partial charge in [0.05, 0.1) is 0 Å². The van der Waals surface area contributed by atoms with E-state index in [0.29, 0.717) is 11.8 Å². The molecule has 0 aliphatic rings. The average molecular weight is 124 g/mol. The molecular formula is C7H7NO. The van der Waals surface area contributed by atoms with Gasteiger partial charge in [-0.3, -0.25) is 9.78 Å². The van der Waals surface area contributed by atoms with Crippen LogP contribution in [0.4, 0.5) is 0 Å². The summed E-state index contributed by atoms with van der Waals surface area (Å²) in [5.74, 6) is 0. The summed E-state index contributed by atoms with van der Waals surface area (Å²) >= 11 is 0. The molecule has 1 aromatic rings. The number of carbonyl (C=O) groups excluding carboxylic acids is 1. The summed E-state index contributed by atoms with van der Waals surface area (Å²) < 4.78 is 20.9. The molecule has 1 heterocycles. The number of aldehydes is 1. The smallest absolute Gasteiger partial charge is 0.151 e. The number of carbonyl (C=O) groups is 1. The molecule has 0 unspecified atom stereocenters.